The molecule has 6 heteroatoms. The highest BCUT2D eigenvalue weighted by Crippen LogP contribution is 2.22. The fraction of sp³-hybridized carbons (Fsp3) is 0.250. The summed E-state index contributed by atoms with van der Waals surface area (Å²) in [6, 6.07) is 14.4. The number of hydrogen-bond acceptors (Lipinski definition) is 4. The average Bonchev–Trinajstić information content (AvgIpc) is 2.52. The molecule has 2 aromatic rings. The number of aliphatic hydroxyl groups is 1. The van der Waals surface area contributed by atoms with E-state index < -0.39 is 10.0 Å². The van der Waals surface area contributed by atoms with Gasteiger partial charge < -0.3 is 10.4 Å². The largest absolute Gasteiger partial charge is 0.395 e. The fourth-order valence-corrected chi connectivity index (χ4v) is 3.24. The summed E-state index contributed by atoms with van der Waals surface area (Å²) in [7, 11) is -3.63. The van der Waals surface area contributed by atoms with Gasteiger partial charge in [-0.1, -0.05) is 36.4 Å². The second kappa shape index (κ2) is 7.40. The van der Waals surface area contributed by atoms with Crippen molar-refractivity contribution in [3.8, 4) is 0 Å². The number of anilines is 1. The Labute approximate surface area is 131 Å². The average molecular weight is 320 g/mol. The third-order valence-corrected chi connectivity index (χ3v) is 4.62. The Bertz CT molecular complexity index is 715. The van der Waals surface area contributed by atoms with Crippen LogP contribution in [0, 0.1) is 6.92 Å². The molecule has 0 saturated carbocycles. The van der Waals surface area contributed by atoms with E-state index in [1.807, 2.05) is 37.3 Å². The molecule has 3 N–H and O–H groups in total. The number of benzene rings is 2. The van der Waals surface area contributed by atoms with E-state index in [0.717, 1.165) is 11.1 Å². The van der Waals surface area contributed by atoms with E-state index in [1.54, 1.807) is 18.2 Å². The number of sulfonamides is 1. The molecule has 118 valence electrons. The van der Waals surface area contributed by atoms with Crippen LogP contribution in [0.1, 0.15) is 11.1 Å². The molecule has 0 fully saturated rings. The van der Waals surface area contributed by atoms with Gasteiger partial charge >= 0.3 is 0 Å². The highest BCUT2D eigenvalue weighted by molar-refractivity contribution is 7.89. The fourth-order valence-electron chi connectivity index (χ4n) is 2.06. The van der Waals surface area contributed by atoms with Crippen molar-refractivity contribution in [1.82, 2.24) is 4.72 Å². The number of aryl methyl sites for hydroxylation is 1. The van der Waals surface area contributed by atoms with Crippen molar-refractivity contribution < 1.29 is 13.5 Å². The van der Waals surface area contributed by atoms with Gasteiger partial charge in [-0.25, -0.2) is 13.1 Å². The van der Waals surface area contributed by atoms with E-state index >= 15 is 0 Å². The van der Waals surface area contributed by atoms with Crippen molar-refractivity contribution in [1.29, 1.82) is 0 Å². The molecule has 0 unspecified atom stereocenters. The monoisotopic (exact) mass is 320 g/mol. The molecule has 22 heavy (non-hydrogen) atoms. The van der Waals surface area contributed by atoms with Crippen LogP contribution in [0.5, 0.6) is 0 Å². The molecular weight excluding hydrogens is 300 g/mol. The first kappa shape index (κ1) is 16.5. The maximum absolute atomic E-state index is 12.5. The predicted molar refractivity (Wildman–Crippen MR) is 87.2 cm³/mol. The first-order valence-corrected chi connectivity index (χ1v) is 8.50. The molecule has 5 nitrogen and oxygen atoms in total. The van der Waals surface area contributed by atoms with E-state index in [2.05, 4.69) is 10.0 Å². The van der Waals surface area contributed by atoms with Gasteiger partial charge in [0.1, 0.15) is 4.90 Å². The predicted octanol–water partition coefficient (Wildman–Crippen LogP) is 1.88. The summed E-state index contributed by atoms with van der Waals surface area (Å²) < 4.78 is 27.6. The summed E-state index contributed by atoms with van der Waals surface area (Å²) >= 11 is 0. The van der Waals surface area contributed by atoms with Crippen LogP contribution in [-0.4, -0.2) is 26.7 Å². The normalized spacial score (nSPS) is 11.4. The van der Waals surface area contributed by atoms with Crippen LogP contribution in [0.25, 0.3) is 0 Å². The zero-order valence-electron chi connectivity index (χ0n) is 12.4. The van der Waals surface area contributed by atoms with E-state index in [4.69, 9.17) is 5.11 Å². The van der Waals surface area contributed by atoms with E-state index in [9.17, 15) is 8.42 Å². The topological polar surface area (TPSA) is 78.4 Å². The standard InChI is InChI=1S/C16H20N2O3S/c1-13-7-8-16(15(11-13)17-9-10-19)22(20,21)18-12-14-5-3-2-4-6-14/h2-8,11,17-19H,9-10,12H2,1H3. The summed E-state index contributed by atoms with van der Waals surface area (Å²) in [4.78, 5) is 0.183. The zero-order valence-corrected chi connectivity index (χ0v) is 13.2. The lowest BCUT2D eigenvalue weighted by atomic mass is 10.2. The maximum Gasteiger partial charge on any atom is 0.242 e. The molecule has 0 amide bonds. The second-order valence-electron chi connectivity index (χ2n) is 4.96. The molecule has 0 heterocycles. The van der Waals surface area contributed by atoms with Crippen LogP contribution >= 0.6 is 0 Å². The first-order valence-electron chi connectivity index (χ1n) is 7.02. The van der Waals surface area contributed by atoms with Crippen molar-refractivity contribution in [2.75, 3.05) is 18.5 Å². The van der Waals surface area contributed by atoms with E-state index in [-0.39, 0.29) is 18.0 Å². The third kappa shape index (κ3) is 4.30. The molecule has 0 bridgehead atoms. The molecule has 0 saturated heterocycles. The zero-order chi connectivity index (χ0) is 16.0. The molecule has 2 rings (SSSR count). The lowest BCUT2D eigenvalue weighted by molar-refractivity contribution is 0.311. The Morgan fingerprint density at radius 2 is 1.82 bits per heavy atom. The summed E-state index contributed by atoms with van der Waals surface area (Å²) in [5, 5.41) is 11.9. The van der Waals surface area contributed by atoms with Gasteiger partial charge in [0, 0.05) is 13.1 Å². The molecule has 0 radical (unpaired) electrons. The van der Waals surface area contributed by atoms with Gasteiger partial charge in [-0.3, -0.25) is 0 Å². The number of nitrogens with one attached hydrogen (secondary N) is 2. The van der Waals surface area contributed by atoms with Crippen molar-refractivity contribution in [3.05, 3.63) is 59.7 Å². The highest BCUT2D eigenvalue weighted by atomic mass is 32.2. The van der Waals surface area contributed by atoms with Crippen LogP contribution < -0.4 is 10.0 Å². The van der Waals surface area contributed by atoms with Crippen LogP contribution in [0.2, 0.25) is 0 Å². The van der Waals surface area contributed by atoms with Gasteiger partial charge in [-0.2, -0.15) is 0 Å². The van der Waals surface area contributed by atoms with Crippen molar-refractivity contribution >= 4 is 15.7 Å². The van der Waals surface area contributed by atoms with E-state index in [1.165, 1.54) is 0 Å². The number of hydrogen-bond donors (Lipinski definition) is 3. The first-order chi connectivity index (χ1) is 10.5. The summed E-state index contributed by atoms with van der Waals surface area (Å²) in [5.41, 5.74) is 2.33. The molecule has 2 aromatic carbocycles. The van der Waals surface area contributed by atoms with Crippen molar-refractivity contribution in [2.24, 2.45) is 0 Å². The van der Waals surface area contributed by atoms with Crippen LogP contribution in [0.3, 0.4) is 0 Å². The number of aliphatic hydroxyl groups excluding tert-OH is 1. The quantitative estimate of drug-likeness (QED) is 0.728. The lowest BCUT2D eigenvalue weighted by Gasteiger charge is -2.13. The molecule has 0 atom stereocenters. The molecule has 0 aliphatic carbocycles. The maximum atomic E-state index is 12.5. The second-order valence-corrected chi connectivity index (χ2v) is 6.70. The Hall–Kier alpha value is -1.89. The SMILES string of the molecule is Cc1ccc(S(=O)(=O)NCc2ccccc2)c(NCCO)c1. The Balaban J connectivity index is 2.21. The van der Waals surface area contributed by atoms with Crippen LogP contribution in [-0.2, 0) is 16.6 Å². The smallest absolute Gasteiger partial charge is 0.242 e. The molecule has 0 spiro atoms. The minimum atomic E-state index is -3.63. The van der Waals surface area contributed by atoms with Crippen molar-refractivity contribution in [2.45, 2.75) is 18.4 Å². The van der Waals surface area contributed by atoms with Gasteiger partial charge in [-0.15, -0.1) is 0 Å². The van der Waals surface area contributed by atoms with Crippen LogP contribution in [0.15, 0.2) is 53.4 Å². The Morgan fingerprint density at radius 3 is 2.50 bits per heavy atom. The minimum absolute atomic E-state index is 0.0646. The lowest BCUT2D eigenvalue weighted by Crippen LogP contribution is -2.24. The minimum Gasteiger partial charge on any atom is -0.395 e. The highest BCUT2D eigenvalue weighted by Gasteiger charge is 2.18. The third-order valence-electron chi connectivity index (χ3n) is 3.16. The van der Waals surface area contributed by atoms with Gasteiger partial charge in [0.2, 0.25) is 10.0 Å². The molecular formula is C16H20N2O3S. The van der Waals surface area contributed by atoms with Crippen LogP contribution in [0.4, 0.5) is 5.69 Å². The summed E-state index contributed by atoms with van der Waals surface area (Å²) in [6.07, 6.45) is 0. The Kier molecular flexibility index (Phi) is 5.54. The summed E-state index contributed by atoms with van der Waals surface area (Å²) in [6.45, 7) is 2.35. The number of rotatable bonds is 7. The van der Waals surface area contributed by atoms with Gasteiger partial charge in [0.05, 0.1) is 12.3 Å². The van der Waals surface area contributed by atoms with Crippen molar-refractivity contribution in [3.63, 3.8) is 0 Å². The molecule has 0 aliphatic rings. The Morgan fingerprint density at radius 1 is 1.09 bits per heavy atom. The molecule has 0 aliphatic heterocycles. The van der Waals surface area contributed by atoms with E-state index in [0.29, 0.717) is 12.2 Å². The van der Waals surface area contributed by atoms with Gasteiger partial charge in [0.25, 0.3) is 0 Å². The molecule has 0 aromatic heterocycles. The van der Waals surface area contributed by atoms with Gasteiger partial charge in [-0.05, 0) is 30.2 Å². The van der Waals surface area contributed by atoms with Gasteiger partial charge in [0.15, 0.2) is 0 Å². The summed E-state index contributed by atoms with van der Waals surface area (Å²) in [5.74, 6) is 0.